The highest BCUT2D eigenvalue weighted by Gasteiger charge is 2.23. The van der Waals surface area contributed by atoms with Gasteiger partial charge < -0.3 is 9.47 Å². The van der Waals surface area contributed by atoms with Crippen LogP contribution in [0.1, 0.15) is 5.56 Å². The molecule has 2 aromatic carbocycles. The van der Waals surface area contributed by atoms with Crippen LogP contribution in [0.2, 0.25) is 0 Å². The highest BCUT2D eigenvalue weighted by Crippen LogP contribution is 2.29. The molecule has 98 valence electrons. The Morgan fingerprint density at radius 3 is 3.00 bits per heavy atom. The zero-order valence-corrected chi connectivity index (χ0v) is 11.7. The molecule has 0 radical (unpaired) electrons. The fourth-order valence-corrected chi connectivity index (χ4v) is 2.51. The first-order chi connectivity index (χ1) is 9.20. The highest BCUT2D eigenvalue weighted by atomic mass is 79.9. The van der Waals surface area contributed by atoms with Crippen molar-refractivity contribution in [3.05, 3.63) is 58.3 Å². The summed E-state index contributed by atoms with van der Waals surface area (Å²) in [6.07, 6.45) is 0.622. The normalized spacial score (nSPS) is 16.8. The van der Waals surface area contributed by atoms with Crippen LogP contribution in [0.3, 0.4) is 0 Å². The molecule has 0 spiro atoms. The Balaban J connectivity index is 1.62. The summed E-state index contributed by atoms with van der Waals surface area (Å²) in [5.74, 6) is 1.32. The third-order valence-electron chi connectivity index (χ3n) is 3.00. The second-order valence-electron chi connectivity index (χ2n) is 4.46. The van der Waals surface area contributed by atoms with Gasteiger partial charge in [0.15, 0.2) is 0 Å². The number of fused-ring (bicyclic) bond motifs is 1. The number of hydrogen-bond acceptors (Lipinski definition) is 2. The number of ether oxygens (including phenoxy) is 2. The Hall–Kier alpha value is -1.55. The molecule has 0 bridgehead atoms. The Labute approximate surface area is 119 Å². The first-order valence-electron chi connectivity index (χ1n) is 6.04. The molecule has 0 aliphatic carbocycles. The summed E-state index contributed by atoms with van der Waals surface area (Å²) in [6.45, 7) is 0.451. The second-order valence-corrected chi connectivity index (χ2v) is 5.38. The van der Waals surface area contributed by atoms with Crippen molar-refractivity contribution < 1.29 is 13.9 Å². The molecular weight excluding hydrogens is 311 g/mol. The molecule has 1 aliphatic heterocycles. The molecule has 0 saturated heterocycles. The van der Waals surface area contributed by atoms with Gasteiger partial charge in [0.25, 0.3) is 0 Å². The van der Waals surface area contributed by atoms with Crippen LogP contribution in [0.4, 0.5) is 4.39 Å². The van der Waals surface area contributed by atoms with E-state index in [1.165, 1.54) is 12.1 Å². The molecule has 0 N–H and O–H groups in total. The molecule has 4 heteroatoms. The van der Waals surface area contributed by atoms with E-state index in [1.807, 2.05) is 24.3 Å². The largest absolute Gasteiger partial charge is 0.490 e. The smallest absolute Gasteiger partial charge is 0.137 e. The Kier molecular flexibility index (Phi) is 3.42. The summed E-state index contributed by atoms with van der Waals surface area (Å²) >= 11 is 3.39. The minimum atomic E-state index is -0.226. The summed E-state index contributed by atoms with van der Waals surface area (Å²) in [4.78, 5) is 0. The maximum absolute atomic E-state index is 13.1. The fraction of sp³-hybridized carbons (Fsp3) is 0.200. The summed E-state index contributed by atoms with van der Waals surface area (Å²) < 4.78 is 25.5. The van der Waals surface area contributed by atoms with Crippen LogP contribution < -0.4 is 9.47 Å². The van der Waals surface area contributed by atoms with E-state index in [0.717, 1.165) is 21.5 Å². The lowest BCUT2D eigenvalue weighted by atomic mass is 10.1. The lowest BCUT2D eigenvalue weighted by Gasteiger charge is -2.12. The summed E-state index contributed by atoms with van der Waals surface area (Å²) in [7, 11) is 0. The van der Waals surface area contributed by atoms with Crippen molar-refractivity contribution in [2.24, 2.45) is 0 Å². The van der Waals surface area contributed by atoms with Crippen molar-refractivity contribution in [1.29, 1.82) is 0 Å². The Bertz CT molecular complexity index is 600. The van der Waals surface area contributed by atoms with E-state index in [4.69, 9.17) is 9.47 Å². The number of halogens is 2. The van der Waals surface area contributed by atoms with E-state index in [9.17, 15) is 4.39 Å². The van der Waals surface area contributed by atoms with E-state index in [2.05, 4.69) is 15.9 Å². The van der Waals surface area contributed by atoms with Crippen LogP contribution in [-0.4, -0.2) is 12.7 Å². The molecule has 0 saturated carbocycles. The monoisotopic (exact) mass is 322 g/mol. The molecule has 0 amide bonds. The molecule has 2 aromatic rings. The van der Waals surface area contributed by atoms with Crippen LogP contribution in [0.5, 0.6) is 11.5 Å². The van der Waals surface area contributed by atoms with Crippen LogP contribution in [0, 0.1) is 5.82 Å². The molecule has 1 heterocycles. The fourth-order valence-electron chi connectivity index (χ4n) is 2.13. The molecule has 2 nitrogen and oxygen atoms in total. The third-order valence-corrected chi connectivity index (χ3v) is 3.49. The maximum Gasteiger partial charge on any atom is 0.137 e. The van der Waals surface area contributed by atoms with E-state index in [-0.39, 0.29) is 11.9 Å². The minimum Gasteiger partial charge on any atom is -0.490 e. The molecular formula is C15H12BrFO2. The molecule has 19 heavy (non-hydrogen) atoms. The van der Waals surface area contributed by atoms with Gasteiger partial charge in [-0.25, -0.2) is 4.39 Å². The maximum atomic E-state index is 13.1. The van der Waals surface area contributed by atoms with Gasteiger partial charge in [-0.15, -0.1) is 0 Å². The molecule has 0 aromatic heterocycles. The van der Waals surface area contributed by atoms with Crippen molar-refractivity contribution in [2.75, 3.05) is 6.61 Å². The summed E-state index contributed by atoms with van der Waals surface area (Å²) in [5, 5.41) is 0. The standard InChI is InChI=1S/C15H12BrFO2/c16-11-2-1-3-13(8-11)18-9-14-7-10-6-12(17)4-5-15(10)19-14/h1-6,8,14H,7,9H2. The average molecular weight is 323 g/mol. The predicted octanol–water partition coefficient (Wildman–Crippen LogP) is 3.97. The zero-order valence-electron chi connectivity index (χ0n) is 10.1. The van der Waals surface area contributed by atoms with Gasteiger partial charge >= 0.3 is 0 Å². The summed E-state index contributed by atoms with van der Waals surface area (Å²) in [5.41, 5.74) is 0.905. The van der Waals surface area contributed by atoms with E-state index in [1.54, 1.807) is 6.07 Å². The molecule has 1 atom stereocenters. The van der Waals surface area contributed by atoms with Gasteiger partial charge in [0, 0.05) is 16.5 Å². The van der Waals surface area contributed by atoms with E-state index in [0.29, 0.717) is 13.0 Å². The first kappa shape index (κ1) is 12.5. The highest BCUT2D eigenvalue weighted by molar-refractivity contribution is 9.10. The van der Waals surface area contributed by atoms with Crippen molar-refractivity contribution in [1.82, 2.24) is 0 Å². The molecule has 1 unspecified atom stereocenters. The Morgan fingerprint density at radius 2 is 2.16 bits per heavy atom. The van der Waals surface area contributed by atoms with Crippen LogP contribution in [0.25, 0.3) is 0 Å². The van der Waals surface area contributed by atoms with E-state index < -0.39 is 0 Å². The quantitative estimate of drug-likeness (QED) is 0.851. The topological polar surface area (TPSA) is 18.5 Å². The van der Waals surface area contributed by atoms with Gasteiger partial charge in [0.2, 0.25) is 0 Å². The minimum absolute atomic E-state index is 0.0595. The van der Waals surface area contributed by atoms with Gasteiger partial charge in [-0.3, -0.25) is 0 Å². The Morgan fingerprint density at radius 1 is 1.26 bits per heavy atom. The van der Waals surface area contributed by atoms with Crippen LogP contribution >= 0.6 is 15.9 Å². The molecule has 0 fully saturated rings. The van der Waals surface area contributed by atoms with Gasteiger partial charge in [0.05, 0.1) is 0 Å². The van der Waals surface area contributed by atoms with Gasteiger partial charge in [-0.1, -0.05) is 22.0 Å². The zero-order chi connectivity index (χ0) is 13.2. The number of benzene rings is 2. The first-order valence-corrected chi connectivity index (χ1v) is 6.83. The third kappa shape index (κ3) is 2.89. The van der Waals surface area contributed by atoms with Crippen LogP contribution in [-0.2, 0) is 6.42 Å². The number of rotatable bonds is 3. The summed E-state index contributed by atoms with van der Waals surface area (Å²) in [6, 6.07) is 12.3. The lowest BCUT2D eigenvalue weighted by molar-refractivity contribution is 0.148. The average Bonchev–Trinajstić information content (AvgIpc) is 2.78. The van der Waals surface area contributed by atoms with Crippen LogP contribution in [0.15, 0.2) is 46.9 Å². The SMILES string of the molecule is Fc1ccc2c(c1)CC(COc1cccc(Br)c1)O2. The van der Waals surface area contributed by atoms with E-state index >= 15 is 0 Å². The number of hydrogen-bond donors (Lipinski definition) is 0. The molecule has 1 aliphatic rings. The predicted molar refractivity (Wildman–Crippen MR) is 74.2 cm³/mol. The van der Waals surface area contributed by atoms with Crippen molar-refractivity contribution in [2.45, 2.75) is 12.5 Å². The van der Waals surface area contributed by atoms with Gasteiger partial charge in [-0.05, 0) is 36.4 Å². The lowest BCUT2D eigenvalue weighted by Crippen LogP contribution is -2.22. The molecule has 3 rings (SSSR count). The van der Waals surface area contributed by atoms with Crippen molar-refractivity contribution >= 4 is 15.9 Å². The van der Waals surface area contributed by atoms with Gasteiger partial charge in [0.1, 0.15) is 30.0 Å². The van der Waals surface area contributed by atoms with Crippen molar-refractivity contribution in [3.8, 4) is 11.5 Å². The second kappa shape index (κ2) is 5.21. The van der Waals surface area contributed by atoms with Gasteiger partial charge in [-0.2, -0.15) is 0 Å². The van der Waals surface area contributed by atoms with Crippen molar-refractivity contribution in [3.63, 3.8) is 0 Å².